The molecule has 4 aromatic carbocycles. The van der Waals surface area contributed by atoms with Gasteiger partial charge in [-0.3, -0.25) is 14.1 Å². The maximum absolute atomic E-state index is 14.0. The van der Waals surface area contributed by atoms with E-state index in [2.05, 4.69) is 43.6 Å². The van der Waals surface area contributed by atoms with Crippen molar-refractivity contribution in [3.05, 3.63) is 129 Å². The van der Waals surface area contributed by atoms with E-state index < -0.39 is 27.7 Å². The Labute approximate surface area is 286 Å². The number of benzene rings is 4. The quantitative estimate of drug-likeness (QED) is 0.136. The topological polar surface area (TPSA) is 113 Å². The van der Waals surface area contributed by atoms with E-state index >= 15 is 0 Å². The summed E-state index contributed by atoms with van der Waals surface area (Å²) in [4.78, 5) is 26.5. The molecule has 2 unspecified atom stereocenters. The molecule has 2 amide bonds. The van der Waals surface area contributed by atoms with Gasteiger partial charge in [0.1, 0.15) is 0 Å². The Morgan fingerprint density at radius 2 is 1.49 bits per heavy atom. The second-order valence-electron chi connectivity index (χ2n) is 12.5. The Balaban J connectivity index is 1.58. The van der Waals surface area contributed by atoms with Crippen molar-refractivity contribution >= 4 is 56.9 Å². The fourth-order valence-electron chi connectivity index (χ4n) is 5.03. The van der Waals surface area contributed by atoms with Gasteiger partial charge in [-0.25, -0.2) is 0 Å². The molecule has 246 valence electrons. The van der Waals surface area contributed by atoms with E-state index in [0.717, 1.165) is 27.8 Å². The third-order valence-electron chi connectivity index (χ3n) is 7.59. The van der Waals surface area contributed by atoms with Gasteiger partial charge in [-0.1, -0.05) is 118 Å². The number of hydrogen-bond acceptors (Lipinski definition) is 4. The summed E-state index contributed by atoms with van der Waals surface area (Å²) in [6.45, 7) is 8.14. The second-order valence-corrected chi connectivity index (χ2v) is 14.9. The lowest BCUT2D eigenvalue weighted by Crippen LogP contribution is -2.29. The SMILES string of the molecule is CC(c1ccc(C(=O)NCCS(=O)(=O)O)cc1)C(C(=O)Nc1ccc(-c2ccc(Cl)cc2Cl)cc1)c1ccc(C=CC(C)(C)C)cc1. The standard InChI is InChI=1S/C37H38Cl2N2O5S/c1-24(26-9-11-29(12-10-26)35(42)40-21-22-47(44,45)46)34(28-7-5-25(6-8-28)19-20-37(2,3)4)36(43)41-31-16-13-27(14-17-31)32-18-15-30(38)23-33(32)39/h5-20,23-24,34H,21-22H2,1-4H3,(H,40,42)(H,41,43)(H,44,45,46). The molecule has 0 saturated carbocycles. The minimum Gasteiger partial charge on any atom is -0.351 e. The molecule has 47 heavy (non-hydrogen) atoms. The summed E-state index contributed by atoms with van der Waals surface area (Å²) in [6, 6.07) is 27.5. The van der Waals surface area contributed by atoms with E-state index in [1.165, 1.54) is 0 Å². The van der Waals surface area contributed by atoms with Crippen molar-refractivity contribution < 1.29 is 22.6 Å². The Morgan fingerprint density at radius 3 is 2.06 bits per heavy atom. The zero-order chi connectivity index (χ0) is 34.4. The van der Waals surface area contributed by atoms with E-state index in [-0.39, 0.29) is 23.8 Å². The first-order valence-corrected chi connectivity index (χ1v) is 17.4. The minimum absolute atomic E-state index is 0.0314. The lowest BCUT2D eigenvalue weighted by atomic mass is 9.81. The van der Waals surface area contributed by atoms with Crippen LogP contribution in [0.3, 0.4) is 0 Å². The largest absolute Gasteiger partial charge is 0.351 e. The number of rotatable bonds is 11. The van der Waals surface area contributed by atoms with E-state index in [1.54, 1.807) is 36.4 Å². The molecule has 7 nitrogen and oxygen atoms in total. The van der Waals surface area contributed by atoms with Crippen LogP contribution in [0.25, 0.3) is 17.2 Å². The Bertz CT molecular complexity index is 1850. The molecule has 0 heterocycles. The number of allylic oxidation sites excluding steroid dienone is 1. The van der Waals surface area contributed by atoms with Gasteiger partial charge in [0.2, 0.25) is 5.91 Å². The Morgan fingerprint density at radius 1 is 0.872 bits per heavy atom. The van der Waals surface area contributed by atoms with Crippen LogP contribution in [0, 0.1) is 5.41 Å². The summed E-state index contributed by atoms with van der Waals surface area (Å²) in [7, 11) is -4.18. The Kier molecular flexibility index (Phi) is 11.7. The fourth-order valence-corrected chi connectivity index (χ4v) is 5.91. The third-order valence-corrected chi connectivity index (χ3v) is 8.86. The van der Waals surface area contributed by atoms with Gasteiger partial charge in [-0.05, 0) is 70.0 Å². The molecule has 0 radical (unpaired) electrons. The molecule has 0 aromatic heterocycles. The number of amides is 2. The highest BCUT2D eigenvalue weighted by Gasteiger charge is 2.28. The van der Waals surface area contributed by atoms with Crippen molar-refractivity contribution in [1.29, 1.82) is 0 Å². The van der Waals surface area contributed by atoms with Crippen LogP contribution in [-0.2, 0) is 14.9 Å². The number of nitrogens with one attached hydrogen (secondary N) is 2. The molecule has 2 atom stereocenters. The van der Waals surface area contributed by atoms with Crippen LogP contribution in [-0.4, -0.2) is 37.1 Å². The number of halogens is 2. The lowest BCUT2D eigenvalue weighted by Gasteiger charge is -2.25. The van der Waals surface area contributed by atoms with Crippen LogP contribution in [0.1, 0.15) is 66.6 Å². The highest BCUT2D eigenvalue weighted by atomic mass is 35.5. The normalized spacial score (nSPS) is 13.3. The average molecular weight is 694 g/mol. The van der Waals surface area contributed by atoms with Crippen LogP contribution in [0.4, 0.5) is 5.69 Å². The third kappa shape index (κ3) is 10.5. The van der Waals surface area contributed by atoms with Gasteiger partial charge in [0.15, 0.2) is 0 Å². The summed E-state index contributed by atoms with van der Waals surface area (Å²) in [5.41, 5.74) is 5.40. The number of carbonyl (C=O) groups excluding carboxylic acids is 2. The summed E-state index contributed by atoms with van der Waals surface area (Å²) in [6.07, 6.45) is 4.20. The number of hydrogen-bond donors (Lipinski definition) is 3. The van der Waals surface area contributed by atoms with E-state index in [0.29, 0.717) is 21.3 Å². The lowest BCUT2D eigenvalue weighted by molar-refractivity contribution is -0.118. The summed E-state index contributed by atoms with van der Waals surface area (Å²) in [5, 5.41) is 6.64. The average Bonchev–Trinajstić information content (AvgIpc) is 3.00. The maximum Gasteiger partial charge on any atom is 0.266 e. The first-order valence-electron chi connectivity index (χ1n) is 15.1. The molecule has 0 spiro atoms. The molecule has 4 rings (SSSR count). The van der Waals surface area contributed by atoms with Gasteiger partial charge in [0, 0.05) is 33.4 Å². The molecule has 0 bridgehead atoms. The van der Waals surface area contributed by atoms with Gasteiger partial charge < -0.3 is 10.6 Å². The highest BCUT2D eigenvalue weighted by molar-refractivity contribution is 7.85. The van der Waals surface area contributed by atoms with E-state index in [4.69, 9.17) is 27.8 Å². The summed E-state index contributed by atoms with van der Waals surface area (Å²) in [5.74, 6) is -2.10. The Hall–Kier alpha value is -3.95. The molecule has 10 heteroatoms. The molecule has 0 saturated heterocycles. The van der Waals surface area contributed by atoms with Crippen molar-refractivity contribution in [2.75, 3.05) is 17.6 Å². The van der Waals surface area contributed by atoms with E-state index in [1.807, 2.05) is 61.5 Å². The predicted octanol–water partition coefficient (Wildman–Crippen LogP) is 8.86. The van der Waals surface area contributed by atoms with Crippen molar-refractivity contribution in [3.8, 4) is 11.1 Å². The zero-order valence-electron chi connectivity index (χ0n) is 26.6. The van der Waals surface area contributed by atoms with Crippen LogP contribution < -0.4 is 10.6 Å². The molecule has 4 aromatic rings. The summed E-state index contributed by atoms with van der Waals surface area (Å²) < 4.78 is 30.8. The number of anilines is 1. The van der Waals surface area contributed by atoms with Crippen LogP contribution in [0.15, 0.2) is 97.1 Å². The van der Waals surface area contributed by atoms with Crippen LogP contribution >= 0.6 is 23.2 Å². The first kappa shape index (κ1) is 35.9. The smallest absolute Gasteiger partial charge is 0.266 e. The van der Waals surface area contributed by atoms with Crippen molar-refractivity contribution in [2.45, 2.75) is 39.5 Å². The van der Waals surface area contributed by atoms with Crippen LogP contribution in [0.2, 0.25) is 10.0 Å². The second kappa shape index (κ2) is 15.3. The number of carbonyl (C=O) groups is 2. The van der Waals surface area contributed by atoms with Gasteiger partial charge in [-0.15, -0.1) is 0 Å². The fraction of sp³-hybridized carbons (Fsp3) is 0.243. The molecule has 3 N–H and O–H groups in total. The molecular formula is C37H38Cl2N2O5S. The van der Waals surface area contributed by atoms with Gasteiger partial charge >= 0.3 is 0 Å². The monoisotopic (exact) mass is 692 g/mol. The molecule has 0 fully saturated rings. The van der Waals surface area contributed by atoms with Crippen LogP contribution in [0.5, 0.6) is 0 Å². The molecule has 0 aliphatic rings. The first-order chi connectivity index (χ1) is 22.1. The maximum atomic E-state index is 14.0. The van der Waals surface area contributed by atoms with Crippen molar-refractivity contribution in [2.24, 2.45) is 5.41 Å². The van der Waals surface area contributed by atoms with Crippen molar-refractivity contribution in [1.82, 2.24) is 5.32 Å². The van der Waals surface area contributed by atoms with Gasteiger partial charge in [0.25, 0.3) is 16.0 Å². The molecular weight excluding hydrogens is 655 g/mol. The molecule has 0 aliphatic carbocycles. The predicted molar refractivity (Wildman–Crippen MR) is 192 cm³/mol. The minimum atomic E-state index is -4.18. The van der Waals surface area contributed by atoms with E-state index in [9.17, 15) is 18.0 Å². The zero-order valence-corrected chi connectivity index (χ0v) is 29.0. The van der Waals surface area contributed by atoms with Gasteiger partial charge in [0.05, 0.1) is 11.7 Å². The van der Waals surface area contributed by atoms with Crippen molar-refractivity contribution in [3.63, 3.8) is 0 Å². The highest BCUT2D eigenvalue weighted by Crippen LogP contribution is 2.35. The molecule has 0 aliphatic heterocycles. The summed E-state index contributed by atoms with van der Waals surface area (Å²) >= 11 is 12.5. The van der Waals surface area contributed by atoms with Gasteiger partial charge in [-0.2, -0.15) is 8.42 Å².